The lowest BCUT2D eigenvalue weighted by molar-refractivity contribution is 0.0825. The third-order valence-electron chi connectivity index (χ3n) is 4.15. The molecule has 0 aromatic carbocycles. The van der Waals surface area contributed by atoms with Crippen LogP contribution in [0, 0.1) is 5.92 Å². The molecule has 0 spiro atoms. The second kappa shape index (κ2) is 6.27. The van der Waals surface area contributed by atoms with Crippen molar-refractivity contribution < 1.29 is 9.15 Å². The van der Waals surface area contributed by atoms with E-state index < -0.39 is 0 Å². The van der Waals surface area contributed by atoms with Crippen LogP contribution >= 0.6 is 0 Å². The molecule has 1 fully saturated rings. The normalized spacial score (nSPS) is 21.4. The highest BCUT2D eigenvalue weighted by molar-refractivity contribution is 5.00. The lowest BCUT2D eigenvalue weighted by Crippen LogP contribution is -2.28. The van der Waals surface area contributed by atoms with Crippen molar-refractivity contribution in [3.05, 3.63) is 28.1 Å². The standard InChI is InChI=1S/C15H23N5O3/c1-5-11-16-17-12(23-11)8-19-15(21)20(9(2)3)14(18-19)13-10(4)6-7-22-13/h9-10,13H,5-8H2,1-4H3/t10-,13+/m1/s1. The van der Waals surface area contributed by atoms with Gasteiger partial charge in [-0.05, 0) is 26.2 Å². The quantitative estimate of drug-likeness (QED) is 0.833. The maximum Gasteiger partial charge on any atom is 0.346 e. The van der Waals surface area contributed by atoms with Crippen molar-refractivity contribution in [2.24, 2.45) is 5.92 Å². The molecule has 0 aliphatic carbocycles. The van der Waals surface area contributed by atoms with Crippen molar-refractivity contribution >= 4 is 0 Å². The molecule has 0 bridgehead atoms. The molecule has 2 aromatic heterocycles. The summed E-state index contributed by atoms with van der Waals surface area (Å²) in [5.41, 5.74) is -0.172. The zero-order valence-corrected chi connectivity index (χ0v) is 14.0. The second-order valence-electron chi connectivity index (χ2n) is 6.26. The van der Waals surface area contributed by atoms with Gasteiger partial charge in [0.1, 0.15) is 12.6 Å². The number of aromatic nitrogens is 5. The third-order valence-corrected chi connectivity index (χ3v) is 4.15. The van der Waals surface area contributed by atoms with Gasteiger partial charge >= 0.3 is 5.69 Å². The molecule has 3 rings (SSSR count). The van der Waals surface area contributed by atoms with E-state index in [0.717, 1.165) is 6.42 Å². The van der Waals surface area contributed by atoms with Crippen molar-refractivity contribution in [2.75, 3.05) is 6.61 Å². The average Bonchev–Trinajstić information content (AvgIpc) is 3.19. The molecule has 0 N–H and O–H groups in total. The Morgan fingerprint density at radius 2 is 2.04 bits per heavy atom. The summed E-state index contributed by atoms with van der Waals surface area (Å²) >= 11 is 0. The average molecular weight is 321 g/mol. The van der Waals surface area contributed by atoms with Gasteiger partial charge in [0.05, 0.1) is 0 Å². The predicted molar refractivity (Wildman–Crippen MR) is 82.1 cm³/mol. The third kappa shape index (κ3) is 2.95. The smallest absolute Gasteiger partial charge is 0.346 e. The van der Waals surface area contributed by atoms with Gasteiger partial charge in [-0.1, -0.05) is 13.8 Å². The molecule has 0 saturated carbocycles. The van der Waals surface area contributed by atoms with E-state index in [1.165, 1.54) is 4.68 Å². The van der Waals surface area contributed by atoms with Gasteiger partial charge in [-0.25, -0.2) is 9.48 Å². The molecule has 0 radical (unpaired) electrons. The van der Waals surface area contributed by atoms with Gasteiger partial charge in [-0.3, -0.25) is 4.57 Å². The van der Waals surface area contributed by atoms with E-state index in [-0.39, 0.29) is 24.4 Å². The molecular weight excluding hydrogens is 298 g/mol. The molecule has 8 heteroatoms. The van der Waals surface area contributed by atoms with Gasteiger partial charge in [-0.15, -0.1) is 10.2 Å². The van der Waals surface area contributed by atoms with Gasteiger partial charge in [0.25, 0.3) is 0 Å². The Bertz CT molecular complexity index is 730. The van der Waals surface area contributed by atoms with Crippen LogP contribution in [0.5, 0.6) is 0 Å². The number of nitrogens with zero attached hydrogens (tertiary/aromatic N) is 5. The van der Waals surface area contributed by atoms with E-state index in [0.29, 0.717) is 36.6 Å². The van der Waals surface area contributed by atoms with Crippen LogP contribution in [0.1, 0.15) is 63.9 Å². The Labute approximate surface area is 134 Å². The lowest BCUT2D eigenvalue weighted by Gasteiger charge is -2.16. The van der Waals surface area contributed by atoms with Crippen LogP contribution in [0.25, 0.3) is 0 Å². The first-order valence-electron chi connectivity index (χ1n) is 8.13. The highest BCUT2D eigenvalue weighted by atomic mass is 16.5. The minimum Gasteiger partial charge on any atom is -0.423 e. The Morgan fingerprint density at radius 1 is 1.30 bits per heavy atom. The predicted octanol–water partition coefficient (Wildman–Crippen LogP) is 1.72. The van der Waals surface area contributed by atoms with Crippen LogP contribution in [0.2, 0.25) is 0 Å². The Morgan fingerprint density at radius 3 is 2.61 bits per heavy atom. The second-order valence-corrected chi connectivity index (χ2v) is 6.26. The zero-order chi connectivity index (χ0) is 16.6. The largest absolute Gasteiger partial charge is 0.423 e. The van der Waals surface area contributed by atoms with Crippen molar-refractivity contribution in [3.8, 4) is 0 Å². The van der Waals surface area contributed by atoms with Crippen molar-refractivity contribution in [1.29, 1.82) is 0 Å². The molecule has 126 valence electrons. The fourth-order valence-corrected chi connectivity index (χ4v) is 2.87. The first kappa shape index (κ1) is 15.9. The molecule has 23 heavy (non-hydrogen) atoms. The SMILES string of the molecule is CCc1nnc(Cn2nc([C@H]3OCC[C@H]3C)n(C(C)C)c2=O)o1. The van der Waals surface area contributed by atoms with E-state index in [9.17, 15) is 4.79 Å². The molecule has 8 nitrogen and oxygen atoms in total. The van der Waals surface area contributed by atoms with Crippen molar-refractivity contribution in [2.45, 2.75) is 59.2 Å². The highest BCUT2D eigenvalue weighted by Crippen LogP contribution is 2.33. The summed E-state index contributed by atoms with van der Waals surface area (Å²) in [5, 5.41) is 12.4. The van der Waals surface area contributed by atoms with Crippen LogP contribution in [0.3, 0.4) is 0 Å². The maximum absolute atomic E-state index is 12.7. The molecule has 1 aliphatic heterocycles. The molecule has 0 unspecified atom stereocenters. The van der Waals surface area contributed by atoms with Crippen LogP contribution in [-0.4, -0.2) is 31.2 Å². The summed E-state index contributed by atoms with van der Waals surface area (Å²) in [6.07, 6.45) is 1.51. The highest BCUT2D eigenvalue weighted by Gasteiger charge is 2.32. The van der Waals surface area contributed by atoms with Crippen molar-refractivity contribution in [1.82, 2.24) is 24.5 Å². The Balaban J connectivity index is 1.96. The summed E-state index contributed by atoms with van der Waals surface area (Å²) in [7, 11) is 0. The van der Waals surface area contributed by atoms with Gasteiger partial charge < -0.3 is 9.15 Å². The molecule has 1 saturated heterocycles. The van der Waals surface area contributed by atoms with Crippen LogP contribution in [-0.2, 0) is 17.7 Å². The van der Waals surface area contributed by atoms with Crippen LogP contribution in [0.15, 0.2) is 9.21 Å². The number of aryl methyl sites for hydroxylation is 1. The van der Waals surface area contributed by atoms with E-state index in [4.69, 9.17) is 9.15 Å². The molecule has 2 aromatic rings. The number of hydrogen-bond acceptors (Lipinski definition) is 6. The minimum atomic E-state index is -0.172. The number of hydrogen-bond donors (Lipinski definition) is 0. The molecule has 2 atom stereocenters. The summed E-state index contributed by atoms with van der Waals surface area (Å²) in [6, 6.07) is 0.0107. The maximum atomic E-state index is 12.7. The van der Waals surface area contributed by atoms with E-state index >= 15 is 0 Å². The van der Waals surface area contributed by atoms with Gasteiger partial charge in [-0.2, -0.15) is 5.10 Å². The lowest BCUT2D eigenvalue weighted by atomic mass is 10.0. The zero-order valence-electron chi connectivity index (χ0n) is 14.0. The van der Waals surface area contributed by atoms with Crippen LogP contribution < -0.4 is 5.69 Å². The Hall–Kier alpha value is -1.96. The summed E-state index contributed by atoms with van der Waals surface area (Å²) < 4.78 is 14.4. The van der Waals surface area contributed by atoms with E-state index in [1.807, 2.05) is 20.8 Å². The molecular formula is C15H23N5O3. The summed E-state index contributed by atoms with van der Waals surface area (Å²) in [6.45, 7) is 8.89. The van der Waals surface area contributed by atoms with E-state index in [1.54, 1.807) is 4.57 Å². The van der Waals surface area contributed by atoms with Crippen molar-refractivity contribution in [3.63, 3.8) is 0 Å². The topological polar surface area (TPSA) is 88.0 Å². The molecule has 1 aliphatic rings. The fourth-order valence-electron chi connectivity index (χ4n) is 2.87. The first-order chi connectivity index (χ1) is 11.0. The van der Waals surface area contributed by atoms with Gasteiger partial charge in [0, 0.05) is 19.1 Å². The summed E-state index contributed by atoms with van der Waals surface area (Å²) in [5.74, 6) is 1.98. The molecule has 3 heterocycles. The van der Waals surface area contributed by atoms with E-state index in [2.05, 4.69) is 22.2 Å². The first-order valence-corrected chi connectivity index (χ1v) is 8.13. The van der Waals surface area contributed by atoms with Gasteiger partial charge in [0.15, 0.2) is 5.82 Å². The van der Waals surface area contributed by atoms with Gasteiger partial charge in [0.2, 0.25) is 11.8 Å². The summed E-state index contributed by atoms with van der Waals surface area (Å²) in [4.78, 5) is 12.7. The Kier molecular flexibility index (Phi) is 4.34. The molecule has 0 amide bonds. The monoisotopic (exact) mass is 321 g/mol. The number of ether oxygens (including phenoxy) is 1. The minimum absolute atomic E-state index is 0.0107. The van der Waals surface area contributed by atoms with Crippen LogP contribution in [0.4, 0.5) is 0 Å². The fraction of sp³-hybridized carbons (Fsp3) is 0.733. The number of rotatable bonds is 5.